The van der Waals surface area contributed by atoms with E-state index in [0.29, 0.717) is 32.1 Å². The van der Waals surface area contributed by atoms with Gasteiger partial charge in [-0.1, -0.05) is 47.7 Å². The predicted octanol–water partition coefficient (Wildman–Crippen LogP) is 3.98. The number of rotatable bonds is 7. The average Bonchev–Trinajstić information content (AvgIpc) is 3.13. The lowest BCUT2D eigenvalue weighted by molar-refractivity contribution is -0.143. The largest absolute Gasteiger partial charge is 0.493 e. The number of thiazole rings is 1. The number of methoxy groups -OCH3 is 1. The summed E-state index contributed by atoms with van der Waals surface area (Å²) >= 11 is 1.28. The van der Waals surface area contributed by atoms with Crippen molar-refractivity contribution in [2.24, 2.45) is 4.99 Å². The first kappa shape index (κ1) is 25.4. The maximum atomic E-state index is 13.7. The molecule has 0 bridgehead atoms. The minimum atomic E-state index is -0.632. The monoisotopic (exact) mass is 506 g/mol. The normalized spacial score (nSPS) is 15.7. The molecule has 0 amide bonds. The minimum Gasteiger partial charge on any atom is -0.493 e. The summed E-state index contributed by atoms with van der Waals surface area (Å²) in [7, 11) is 1.58. The highest BCUT2D eigenvalue weighted by atomic mass is 32.1. The Morgan fingerprint density at radius 1 is 1.06 bits per heavy atom. The average molecular weight is 507 g/mol. The number of fused-ring (bicyclic) bond motifs is 1. The van der Waals surface area contributed by atoms with Gasteiger partial charge >= 0.3 is 5.97 Å². The zero-order valence-electron chi connectivity index (χ0n) is 21.3. The SMILES string of the molecule is COc1cc(C=c2sc3n(c2=O)C(c2ccccc2)C(C(=O)OC(C)C)=C(C)N=3)ccc1OC(C)C. The molecule has 8 heteroatoms. The van der Waals surface area contributed by atoms with Crippen molar-refractivity contribution in [3.05, 3.63) is 90.6 Å². The van der Waals surface area contributed by atoms with Gasteiger partial charge in [0.1, 0.15) is 0 Å². The molecule has 1 aliphatic rings. The predicted molar refractivity (Wildman–Crippen MR) is 140 cm³/mol. The van der Waals surface area contributed by atoms with Crippen LogP contribution in [0.25, 0.3) is 6.08 Å². The molecule has 0 spiro atoms. The second-order valence-electron chi connectivity index (χ2n) is 9.02. The molecule has 188 valence electrons. The number of nitrogens with zero attached hydrogens (tertiary/aromatic N) is 2. The smallest absolute Gasteiger partial charge is 0.338 e. The first-order chi connectivity index (χ1) is 17.2. The van der Waals surface area contributed by atoms with Gasteiger partial charge in [0.25, 0.3) is 5.56 Å². The summed E-state index contributed by atoms with van der Waals surface area (Å²) < 4.78 is 18.9. The van der Waals surface area contributed by atoms with E-state index in [1.807, 2.05) is 62.4 Å². The van der Waals surface area contributed by atoms with Gasteiger partial charge < -0.3 is 14.2 Å². The van der Waals surface area contributed by atoms with Gasteiger partial charge in [0, 0.05) is 0 Å². The van der Waals surface area contributed by atoms with Gasteiger partial charge in [-0.2, -0.15) is 0 Å². The lowest BCUT2D eigenvalue weighted by atomic mass is 9.96. The zero-order chi connectivity index (χ0) is 26.0. The fourth-order valence-electron chi connectivity index (χ4n) is 4.09. The molecular weight excluding hydrogens is 476 g/mol. The summed E-state index contributed by atoms with van der Waals surface area (Å²) in [6, 6.07) is 14.4. The van der Waals surface area contributed by atoms with Crippen molar-refractivity contribution in [1.29, 1.82) is 0 Å². The fourth-order valence-corrected chi connectivity index (χ4v) is 5.13. The molecule has 36 heavy (non-hydrogen) atoms. The van der Waals surface area contributed by atoms with Crippen LogP contribution in [0.1, 0.15) is 51.8 Å². The van der Waals surface area contributed by atoms with E-state index in [0.717, 1.165) is 11.1 Å². The van der Waals surface area contributed by atoms with E-state index < -0.39 is 12.0 Å². The summed E-state index contributed by atoms with van der Waals surface area (Å²) in [6.07, 6.45) is 1.52. The van der Waals surface area contributed by atoms with Crippen molar-refractivity contribution in [3.8, 4) is 11.5 Å². The number of esters is 1. The Kier molecular flexibility index (Phi) is 7.45. The number of carbonyl (C=O) groups excluding carboxylic acids is 1. The van der Waals surface area contributed by atoms with Gasteiger partial charge in [-0.25, -0.2) is 9.79 Å². The lowest BCUT2D eigenvalue weighted by Crippen LogP contribution is -2.40. The summed E-state index contributed by atoms with van der Waals surface area (Å²) in [5.41, 5.74) is 2.29. The quantitative estimate of drug-likeness (QED) is 0.453. The maximum Gasteiger partial charge on any atom is 0.338 e. The van der Waals surface area contributed by atoms with Crippen LogP contribution < -0.4 is 24.4 Å². The van der Waals surface area contributed by atoms with E-state index in [4.69, 9.17) is 14.2 Å². The maximum absolute atomic E-state index is 13.7. The molecule has 2 aromatic carbocycles. The molecule has 3 aromatic rings. The van der Waals surface area contributed by atoms with E-state index in [1.165, 1.54) is 11.3 Å². The number of benzene rings is 2. The van der Waals surface area contributed by atoms with Crippen LogP contribution >= 0.6 is 11.3 Å². The third-order valence-electron chi connectivity index (χ3n) is 5.55. The third-order valence-corrected chi connectivity index (χ3v) is 6.53. The van der Waals surface area contributed by atoms with Crippen LogP contribution in [-0.2, 0) is 9.53 Å². The Morgan fingerprint density at radius 2 is 1.78 bits per heavy atom. The van der Waals surface area contributed by atoms with E-state index in [2.05, 4.69) is 4.99 Å². The molecule has 0 saturated heterocycles. The van der Waals surface area contributed by atoms with Gasteiger partial charge in [-0.05, 0) is 64.0 Å². The Hall–Kier alpha value is -3.65. The highest BCUT2D eigenvalue weighted by molar-refractivity contribution is 7.07. The van der Waals surface area contributed by atoms with Gasteiger partial charge in [-0.3, -0.25) is 9.36 Å². The molecule has 1 atom stereocenters. The van der Waals surface area contributed by atoms with Crippen molar-refractivity contribution in [2.75, 3.05) is 7.11 Å². The van der Waals surface area contributed by atoms with Crippen LogP contribution in [0.15, 0.2) is 69.6 Å². The van der Waals surface area contributed by atoms with E-state index in [1.54, 1.807) is 38.5 Å². The van der Waals surface area contributed by atoms with Crippen molar-refractivity contribution < 1.29 is 19.0 Å². The lowest BCUT2D eigenvalue weighted by Gasteiger charge is -2.25. The first-order valence-corrected chi connectivity index (χ1v) is 12.6. The molecule has 2 heterocycles. The van der Waals surface area contributed by atoms with Crippen LogP contribution in [0.5, 0.6) is 11.5 Å². The van der Waals surface area contributed by atoms with Crippen molar-refractivity contribution >= 4 is 23.4 Å². The molecule has 4 rings (SSSR count). The number of hydrogen-bond acceptors (Lipinski definition) is 7. The number of hydrogen-bond donors (Lipinski definition) is 0. The van der Waals surface area contributed by atoms with E-state index in [9.17, 15) is 9.59 Å². The van der Waals surface area contributed by atoms with E-state index in [-0.39, 0.29) is 17.8 Å². The van der Waals surface area contributed by atoms with E-state index >= 15 is 0 Å². The standard InChI is InChI=1S/C28H30N2O5S/c1-16(2)34-21-13-12-19(14-22(21)33-6)15-23-26(31)30-25(20-10-8-7-9-11-20)24(27(32)35-17(3)4)18(5)29-28(30)36-23/h7-17,25H,1-6H3. The Bertz CT molecular complexity index is 1480. The van der Waals surface area contributed by atoms with Crippen LogP contribution in [0, 0.1) is 0 Å². The summed E-state index contributed by atoms with van der Waals surface area (Å²) in [5, 5.41) is 0. The number of carbonyl (C=O) groups is 1. The Morgan fingerprint density at radius 3 is 2.42 bits per heavy atom. The molecule has 1 aliphatic heterocycles. The zero-order valence-corrected chi connectivity index (χ0v) is 22.1. The molecular formula is C28H30N2O5S. The Balaban J connectivity index is 1.87. The van der Waals surface area contributed by atoms with Gasteiger partial charge in [0.15, 0.2) is 16.3 Å². The van der Waals surface area contributed by atoms with Gasteiger partial charge in [0.2, 0.25) is 0 Å². The van der Waals surface area contributed by atoms with Crippen LogP contribution in [-0.4, -0.2) is 29.9 Å². The van der Waals surface area contributed by atoms with Crippen molar-refractivity contribution in [3.63, 3.8) is 0 Å². The second kappa shape index (κ2) is 10.5. The minimum absolute atomic E-state index is 0.00578. The Labute approximate surface area is 214 Å². The van der Waals surface area contributed by atoms with Crippen molar-refractivity contribution in [1.82, 2.24) is 4.57 Å². The van der Waals surface area contributed by atoms with Gasteiger partial charge in [0.05, 0.1) is 41.2 Å². The second-order valence-corrected chi connectivity index (χ2v) is 10.0. The van der Waals surface area contributed by atoms with Crippen LogP contribution in [0.3, 0.4) is 0 Å². The highest BCUT2D eigenvalue weighted by Crippen LogP contribution is 2.31. The molecule has 0 fully saturated rings. The molecule has 0 N–H and O–H groups in total. The highest BCUT2D eigenvalue weighted by Gasteiger charge is 2.33. The topological polar surface area (TPSA) is 79.1 Å². The van der Waals surface area contributed by atoms with Gasteiger partial charge in [-0.15, -0.1) is 0 Å². The molecule has 1 aromatic heterocycles. The summed E-state index contributed by atoms with van der Waals surface area (Å²) in [6.45, 7) is 9.27. The third kappa shape index (κ3) is 5.14. The summed E-state index contributed by atoms with van der Waals surface area (Å²) in [5.74, 6) is 0.751. The fraction of sp³-hybridized carbons (Fsp3) is 0.321. The molecule has 1 unspecified atom stereocenters. The summed E-state index contributed by atoms with van der Waals surface area (Å²) in [4.78, 5) is 32.0. The van der Waals surface area contributed by atoms with Crippen molar-refractivity contribution in [2.45, 2.75) is 52.9 Å². The molecule has 0 radical (unpaired) electrons. The number of allylic oxidation sites excluding steroid dienone is 1. The molecule has 7 nitrogen and oxygen atoms in total. The molecule has 0 aliphatic carbocycles. The first-order valence-electron chi connectivity index (χ1n) is 11.8. The number of ether oxygens (including phenoxy) is 3. The molecule has 0 saturated carbocycles. The number of aromatic nitrogens is 1. The van der Waals surface area contributed by atoms with Crippen LogP contribution in [0.4, 0.5) is 0 Å². The van der Waals surface area contributed by atoms with Crippen LogP contribution in [0.2, 0.25) is 0 Å².